The highest BCUT2D eigenvalue weighted by molar-refractivity contribution is 7.15. The highest BCUT2D eigenvalue weighted by Crippen LogP contribution is 2.22. The number of carbonyl (C=O) groups excluding carboxylic acids is 1. The van der Waals surface area contributed by atoms with Crippen molar-refractivity contribution in [1.29, 1.82) is 0 Å². The van der Waals surface area contributed by atoms with E-state index in [1.54, 1.807) is 20.8 Å². The van der Waals surface area contributed by atoms with Crippen molar-refractivity contribution in [2.75, 3.05) is 11.9 Å². The molecule has 0 radical (unpaired) electrons. The van der Waals surface area contributed by atoms with Gasteiger partial charge in [-0.25, -0.2) is 9.78 Å². The molecule has 6 heteroatoms. The summed E-state index contributed by atoms with van der Waals surface area (Å²) in [6.07, 6.45) is -0.0139. The second-order valence-electron chi connectivity index (χ2n) is 4.62. The van der Waals surface area contributed by atoms with Crippen LogP contribution >= 0.6 is 11.3 Å². The van der Waals surface area contributed by atoms with Gasteiger partial charge in [0, 0.05) is 17.9 Å². The molecule has 0 spiro atoms. The molecule has 0 unspecified atom stereocenters. The number of amides is 1. The molecule has 0 aliphatic rings. The molecule has 1 aromatic rings. The molecular weight excluding hydrogens is 240 g/mol. The summed E-state index contributed by atoms with van der Waals surface area (Å²) in [6, 6.07) is 0. The third kappa shape index (κ3) is 4.70. The molecule has 1 rings (SSSR count). The highest BCUT2D eigenvalue weighted by Gasteiger charge is 2.17. The molecule has 1 aromatic heterocycles. The summed E-state index contributed by atoms with van der Waals surface area (Å²) in [6.45, 7) is 7.37. The number of aliphatic hydroxyl groups is 1. The maximum atomic E-state index is 11.5. The third-order valence-electron chi connectivity index (χ3n) is 1.85. The Morgan fingerprint density at radius 1 is 1.53 bits per heavy atom. The van der Waals surface area contributed by atoms with Crippen molar-refractivity contribution in [3.8, 4) is 0 Å². The molecule has 1 heterocycles. The second kappa shape index (κ2) is 5.46. The van der Waals surface area contributed by atoms with Crippen LogP contribution in [-0.2, 0) is 11.2 Å². The predicted octanol–water partition coefficient (Wildman–Crippen LogP) is 2.33. The Kier molecular flexibility index (Phi) is 4.47. The molecule has 0 saturated heterocycles. The highest BCUT2D eigenvalue weighted by atomic mass is 32.1. The number of aromatic nitrogens is 1. The van der Waals surface area contributed by atoms with Gasteiger partial charge in [-0.3, -0.25) is 5.32 Å². The maximum absolute atomic E-state index is 11.5. The van der Waals surface area contributed by atoms with Crippen molar-refractivity contribution in [3.63, 3.8) is 0 Å². The van der Waals surface area contributed by atoms with Crippen molar-refractivity contribution in [1.82, 2.24) is 4.98 Å². The van der Waals surface area contributed by atoms with Gasteiger partial charge in [0.2, 0.25) is 0 Å². The molecule has 5 nitrogen and oxygen atoms in total. The average Bonchev–Trinajstić information content (AvgIpc) is 2.43. The first-order valence-corrected chi connectivity index (χ1v) is 6.20. The van der Waals surface area contributed by atoms with Crippen molar-refractivity contribution < 1.29 is 14.6 Å². The molecule has 17 heavy (non-hydrogen) atoms. The fraction of sp³-hybridized carbons (Fsp3) is 0.636. The summed E-state index contributed by atoms with van der Waals surface area (Å²) < 4.78 is 5.12. The minimum atomic E-state index is -0.523. The number of hydrogen-bond donors (Lipinski definition) is 2. The largest absolute Gasteiger partial charge is 0.444 e. The SMILES string of the molecule is Cc1sc(NC(=O)OC(C)(C)C)nc1CCO. The number of thiazole rings is 1. The Morgan fingerprint density at radius 2 is 2.18 bits per heavy atom. The second-order valence-corrected chi connectivity index (χ2v) is 5.83. The van der Waals surface area contributed by atoms with Crippen LogP contribution in [0.5, 0.6) is 0 Å². The fourth-order valence-corrected chi connectivity index (χ4v) is 2.06. The Labute approximate surface area is 105 Å². The van der Waals surface area contributed by atoms with Crippen molar-refractivity contribution in [2.45, 2.75) is 39.7 Å². The lowest BCUT2D eigenvalue weighted by molar-refractivity contribution is 0.0636. The zero-order chi connectivity index (χ0) is 13.1. The number of anilines is 1. The molecule has 2 N–H and O–H groups in total. The van der Waals surface area contributed by atoms with Gasteiger partial charge >= 0.3 is 6.09 Å². The molecule has 0 aromatic carbocycles. The van der Waals surface area contributed by atoms with Gasteiger partial charge in [0.25, 0.3) is 0 Å². The number of nitrogens with one attached hydrogen (secondary N) is 1. The van der Waals surface area contributed by atoms with Gasteiger partial charge in [-0.1, -0.05) is 0 Å². The number of aryl methyl sites for hydroxylation is 1. The molecular formula is C11H18N2O3S. The Balaban J connectivity index is 2.63. The Hall–Kier alpha value is -1.14. The van der Waals surface area contributed by atoms with Crippen LogP contribution in [0.4, 0.5) is 9.93 Å². The third-order valence-corrected chi connectivity index (χ3v) is 2.78. The summed E-state index contributed by atoms with van der Waals surface area (Å²) >= 11 is 1.37. The van der Waals surface area contributed by atoms with Crippen LogP contribution in [0.3, 0.4) is 0 Å². The Bertz CT molecular complexity index is 396. The van der Waals surface area contributed by atoms with E-state index in [2.05, 4.69) is 10.3 Å². The minimum absolute atomic E-state index is 0.0520. The van der Waals surface area contributed by atoms with Gasteiger partial charge in [-0.05, 0) is 27.7 Å². The minimum Gasteiger partial charge on any atom is -0.444 e. The first-order valence-electron chi connectivity index (χ1n) is 5.39. The normalized spacial score (nSPS) is 11.4. The molecule has 0 aliphatic carbocycles. The Morgan fingerprint density at radius 3 is 2.71 bits per heavy atom. The van der Waals surface area contributed by atoms with E-state index in [9.17, 15) is 4.79 Å². The van der Waals surface area contributed by atoms with Crippen molar-refractivity contribution in [3.05, 3.63) is 10.6 Å². The summed E-state index contributed by atoms with van der Waals surface area (Å²) in [5.74, 6) is 0. The van der Waals surface area contributed by atoms with E-state index < -0.39 is 11.7 Å². The van der Waals surface area contributed by atoms with Gasteiger partial charge in [0.1, 0.15) is 5.60 Å². The molecule has 0 aliphatic heterocycles. The van der Waals surface area contributed by atoms with E-state index in [-0.39, 0.29) is 6.61 Å². The lowest BCUT2D eigenvalue weighted by Crippen LogP contribution is -2.27. The predicted molar refractivity (Wildman–Crippen MR) is 67.5 cm³/mol. The smallest absolute Gasteiger partial charge is 0.413 e. The zero-order valence-electron chi connectivity index (χ0n) is 10.5. The van der Waals surface area contributed by atoms with Gasteiger partial charge in [0.15, 0.2) is 5.13 Å². The van der Waals surface area contributed by atoms with Crippen LogP contribution in [0.1, 0.15) is 31.3 Å². The van der Waals surface area contributed by atoms with Crippen molar-refractivity contribution in [2.24, 2.45) is 0 Å². The number of aliphatic hydroxyl groups excluding tert-OH is 1. The summed E-state index contributed by atoms with van der Waals surface area (Å²) in [4.78, 5) is 16.7. The number of hydrogen-bond acceptors (Lipinski definition) is 5. The topological polar surface area (TPSA) is 71.5 Å². The van der Waals surface area contributed by atoms with Crippen LogP contribution in [0.2, 0.25) is 0 Å². The number of carbonyl (C=O) groups is 1. The lowest BCUT2D eigenvalue weighted by Gasteiger charge is -2.18. The first kappa shape index (κ1) is 13.9. The van der Waals surface area contributed by atoms with E-state index in [0.29, 0.717) is 11.6 Å². The van der Waals surface area contributed by atoms with E-state index in [0.717, 1.165) is 10.6 Å². The molecule has 96 valence electrons. The van der Waals surface area contributed by atoms with Gasteiger partial charge in [-0.2, -0.15) is 0 Å². The number of nitrogens with zero attached hydrogens (tertiary/aromatic N) is 1. The van der Waals surface area contributed by atoms with Crippen molar-refractivity contribution >= 4 is 22.6 Å². The van der Waals surface area contributed by atoms with Gasteiger partial charge in [0.05, 0.1) is 5.69 Å². The summed E-state index contributed by atoms with van der Waals surface area (Å²) in [5.41, 5.74) is 0.285. The van der Waals surface area contributed by atoms with Gasteiger partial charge < -0.3 is 9.84 Å². The van der Waals surface area contributed by atoms with Crippen LogP contribution in [0, 0.1) is 6.92 Å². The van der Waals surface area contributed by atoms with E-state index >= 15 is 0 Å². The first-order chi connectivity index (χ1) is 7.81. The monoisotopic (exact) mass is 258 g/mol. The van der Waals surface area contributed by atoms with Crippen LogP contribution in [-0.4, -0.2) is 28.4 Å². The maximum Gasteiger partial charge on any atom is 0.413 e. The molecule has 0 fully saturated rings. The van der Waals surface area contributed by atoms with Crippen LogP contribution in [0.15, 0.2) is 0 Å². The van der Waals surface area contributed by atoms with E-state index in [4.69, 9.17) is 9.84 Å². The van der Waals surface area contributed by atoms with E-state index in [1.807, 2.05) is 6.92 Å². The average molecular weight is 258 g/mol. The molecule has 0 atom stereocenters. The number of ether oxygens (including phenoxy) is 1. The zero-order valence-corrected chi connectivity index (χ0v) is 11.3. The molecule has 0 saturated carbocycles. The van der Waals surface area contributed by atoms with Crippen LogP contribution in [0.25, 0.3) is 0 Å². The lowest BCUT2D eigenvalue weighted by atomic mass is 10.2. The summed E-state index contributed by atoms with van der Waals surface area (Å²) in [7, 11) is 0. The molecule has 1 amide bonds. The van der Waals surface area contributed by atoms with E-state index in [1.165, 1.54) is 11.3 Å². The fourth-order valence-electron chi connectivity index (χ4n) is 1.21. The van der Waals surface area contributed by atoms with Crippen LogP contribution < -0.4 is 5.32 Å². The molecule has 0 bridgehead atoms. The van der Waals surface area contributed by atoms with Gasteiger partial charge in [-0.15, -0.1) is 11.3 Å². The number of rotatable bonds is 3. The standard InChI is InChI=1S/C11H18N2O3S/c1-7-8(5-6-14)12-9(17-7)13-10(15)16-11(2,3)4/h14H,5-6H2,1-4H3,(H,12,13,15). The summed E-state index contributed by atoms with van der Waals surface area (Å²) in [5, 5.41) is 11.9. The quantitative estimate of drug-likeness (QED) is 0.873.